The van der Waals surface area contributed by atoms with Crippen molar-refractivity contribution in [1.29, 1.82) is 0 Å². The van der Waals surface area contributed by atoms with E-state index in [4.69, 9.17) is 0 Å². The van der Waals surface area contributed by atoms with E-state index in [0.29, 0.717) is 13.1 Å². The smallest absolute Gasteiger partial charge is 0.236 e. The highest BCUT2D eigenvalue weighted by atomic mass is 32.1. The molecule has 4 nitrogen and oxygen atoms in total. The van der Waals surface area contributed by atoms with Crippen LogP contribution >= 0.6 is 11.3 Å². The van der Waals surface area contributed by atoms with Crippen molar-refractivity contribution >= 4 is 23.0 Å². The number of amides is 1. The highest BCUT2D eigenvalue weighted by molar-refractivity contribution is 7.09. The first-order valence-corrected chi connectivity index (χ1v) is 9.59. The molecule has 25 heavy (non-hydrogen) atoms. The second-order valence-corrected chi connectivity index (χ2v) is 7.64. The maximum absolute atomic E-state index is 12.5. The topological polar surface area (TPSA) is 40.6 Å². The van der Waals surface area contributed by atoms with Gasteiger partial charge in [-0.2, -0.15) is 0 Å². The maximum atomic E-state index is 12.5. The number of rotatable bonds is 6. The summed E-state index contributed by atoms with van der Waals surface area (Å²) in [5, 5.41) is 2.03. The van der Waals surface area contributed by atoms with Crippen molar-refractivity contribution in [2.75, 3.05) is 26.7 Å². The summed E-state index contributed by atoms with van der Waals surface area (Å²) >= 11 is 1.67. The zero-order valence-corrected chi connectivity index (χ0v) is 15.4. The van der Waals surface area contributed by atoms with Gasteiger partial charge in [-0.25, -0.2) is 0 Å². The molecule has 1 aromatic carbocycles. The Kier molecular flexibility index (Phi) is 6.00. The number of hydrogen-bond donors (Lipinski definition) is 0. The third kappa shape index (κ3) is 4.77. The minimum absolute atomic E-state index is 0.0811. The summed E-state index contributed by atoms with van der Waals surface area (Å²) in [7, 11) is 1.85. The molecule has 1 aliphatic rings. The van der Waals surface area contributed by atoms with Crippen LogP contribution in [0, 0.1) is 5.92 Å². The molecular formula is C20H24N2O2S. The van der Waals surface area contributed by atoms with Crippen LogP contribution in [-0.2, 0) is 11.3 Å². The van der Waals surface area contributed by atoms with E-state index in [-0.39, 0.29) is 17.6 Å². The summed E-state index contributed by atoms with van der Waals surface area (Å²) in [6.45, 7) is 2.72. The Labute approximate surface area is 153 Å². The van der Waals surface area contributed by atoms with Gasteiger partial charge in [-0.05, 0) is 37.4 Å². The Morgan fingerprint density at radius 1 is 1.12 bits per heavy atom. The largest absolute Gasteiger partial charge is 0.340 e. The van der Waals surface area contributed by atoms with Crippen molar-refractivity contribution in [1.82, 2.24) is 9.80 Å². The van der Waals surface area contributed by atoms with Gasteiger partial charge in [0, 0.05) is 23.4 Å². The molecule has 0 aliphatic carbocycles. The van der Waals surface area contributed by atoms with E-state index in [0.717, 1.165) is 31.5 Å². The number of nitrogens with zero attached hydrogens (tertiary/aromatic N) is 2. The van der Waals surface area contributed by atoms with Crippen molar-refractivity contribution < 1.29 is 9.59 Å². The number of thiophene rings is 1. The van der Waals surface area contributed by atoms with E-state index in [9.17, 15) is 9.59 Å². The fourth-order valence-corrected chi connectivity index (χ4v) is 3.99. The molecule has 1 fully saturated rings. The molecule has 1 aromatic heterocycles. The standard InChI is InChI=1S/C20H24N2O2S/c1-21(14-18-8-5-13-25-18)19(23)15-22-11-9-17(10-12-22)20(24)16-6-3-2-4-7-16/h2-8,13,17H,9-12,14-15H2,1H3. The van der Waals surface area contributed by atoms with Gasteiger partial charge in [-0.1, -0.05) is 36.4 Å². The Hall–Kier alpha value is -1.98. The molecule has 0 unspecified atom stereocenters. The van der Waals surface area contributed by atoms with Gasteiger partial charge in [0.2, 0.25) is 5.91 Å². The van der Waals surface area contributed by atoms with Gasteiger partial charge >= 0.3 is 0 Å². The zero-order valence-electron chi connectivity index (χ0n) is 14.6. The number of hydrogen-bond acceptors (Lipinski definition) is 4. The predicted octanol–water partition coefficient (Wildman–Crippen LogP) is 3.30. The average Bonchev–Trinajstić information content (AvgIpc) is 3.15. The lowest BCUT2D eigenvalue weighted by molar-refractivity contribution is -0.131. The van der Waals surface area contributed by atoms with Gasteiger partial charge in [-0.3, -0.25) is 14.5 Å². The Morgan fingerprint density at radius 3 is 2.48 bits per heavy atom. The van der Waals surface area contributed by atoms with E-state index in [1.165, 1.54) is 4.88 Å². The van der Waals surface area contributed by atoms with Crippen LogP contribution in [0.5, 0.6) is 0 Å². The Balaban J connectivity index is 1.46. The fraction of sp³-hybridized carbons (Fsp3) is 0.400. The highest BCUT2D eigenvalue weighted by Gasteiger charge is 2.27. The molecule has 0 N–H and O–H groups in total. The second-order valence-electron chi connectivity index (χ2n) is 6.61. The van der Waals surface area contributed by atoms with Gasteiger partial charge in [0.15, 0.2) is 5.78 Å². The zero-order chi connectivity index (χ0) is 17.6. The summed E-state index contributed by atoms with van der Waals surface area (Å²) in [6.07, 6.45) is 1.66. The molecule has 0 spiro atoms. The number of carbonyl (C=O) groups excluding carboxylic acids is 2. The van der Waals surface area contributed by atoms with Crippen molar-refractivity contribution in [3.8, 4) is 0 Å². The van der Waals surface area contributed by atoms with Crippen LogP contribution in [0.15, 0.2) is 47.8 Å². The SMILES string of the molecule is CN(Cc1cccs1)C(=O)CN1CCC(C(=O)c2ccccc2)CC1. The normalized spacial score (nSPS) is 15.9. The minimum atomic E-state index is 0.0811. The molecule has 1 aliphatic heterocycles. The maximum Gasteiger partial charge on any atom is 0.236 e. The minimum Gasteiger partial charge on any atom is -0.340 e. The molecule has 5 heteroatoms. The van der Waals surface area contributed by atoms with E-state index in [1.54, 1.807) is 16.2 Å². The quantitative estimate of drug-likeness (QED) is 0.746. The molecule has 0 radical (unpaired) electrons. The van der Waals surface area contributed by atoms with E-state index in [1.807, 2.05) is 48.8 Å². The number of likely N-dealkylation sites (tertiary alicyclic amines) is 1. The number of piperidine rings is 1. The first kappa shape index (κ1) is 17.8. The van der Waals surface area contributed by atoms with Crippen LogP contribution < -0.4 is 0 Å². The number of likely N-dealkylation sites (N-methyl/N-ethyl adjacent to an activating group) is 1. The third-order valence-corrected chi connectivity index (χ3v) is 5.64. The van der Waals surface area contributed by atoms with Crippen LogP contribution in [0.2, 0.25) is 0 Å². The Morgan fingerprint density at radius 2 is 1.84 bits per heavy atom. The van der Waals surface area contributed by atoms with E-state index < -0.39 is 0 Å². The molecule has 0 bridgehead atoms. The van der Waals surface area contributed by atoms with Crippen LogP contribution in [0.25, 0.3) is 0 Å². The van der Waals surface area contributed by atoms with Gasteiger partial charge < -0.3 is 4.90 Å². The van der Waals surface area contributed by atoms with Crippen molar-refractivity contribution in [3.63, 3.8) is 0 Å². The van der Waals surface area contributed by atoms with Gasteiger partial charge in [0.1, 0.15) is 0 Å². The van der Waals surface area contributed by atoms with Crippen molar-refractivity contribution in [2.45, 2.75) is 19.4 Å². The number of carbonyl (C=O) groups is 2. The van der Waals surface area contributed by atoms with E-state index >= 15 is 0 Å². The molecular weight excluding hydrogens is 332 g/mol. The lowest BCUT2D eigenvalue weighted by Gasteiger charge is -2.31. The molecule has 1 saturated heterocycles. The first-order chi connectivity index (χ1) is 12.1. The molecule has 2 heterocycles. The van der Waals surface area contributed by atoms with Crippen LogP contribution in [0.1, 0.15) is 28.1 Å². The first-order valence-electron chi connectivity index (χ1n) is 8.71. The van der Waals surface area contributed by atoms with Crippen LogP contribution in [0.3, 0.4) is 0 Å². The highest BCUT2D eigenvalue weighted by Crippen LogP contribution is 2.22. The summed E-state index contributed by atoms with van der Waals surface area (Å²) in [6, 6.07) is 13.6. The number of ketones is 1. The Bertz CT molecular complexity index is 692. The summed E-state index contributed by atoms with van der Waals surface area (Å²) < 4.78 is 0. The predicted molar refractivity (Wildman–Crippen MR) is 101 cm³/mol. The summed E-state index contributed by atoms with van der Waals surface area (Å²) in [5.74, 6) is 0.459. The van der Waals surface area contributed by atoms with Crippen LogP contribution in [0.4, 0.5) is 0 Å². The lowest BCUT2D eigenvalue weighted by atomic mass is 9.89. The van der Waals surface area contributed by atoms with Gasteiger partial charge in [0.25, 0.3) is 0 Å². The number of Topliss-reactive ketones (excluding diaryl/α,β-unsaturated/α-hetero) is 1. The van der Waals surface area contributed by atoms with E-state index in [2.05, 4.69) is 11.0 Å². The van der Waals surface area contributed by atoms with Gasteiger partial charge in [-0.15, -0.1) is 11.3 Å². The monoisotopic (exact) mass is 356 g/mol. The second kappa shape index (κ2) is 8.41. The third-order valence-electron chi connectivity index (χ3n) is 4.77. The lowest BCUT2D eigenvalue weighted by Crippen LogP contribution is -2.43. The van der Waals surface area contributed by atoms with Crippen LogP contribution in [-0.4, -0.2) is 48.2 Å². The van der Waals surface area contributed by atoms with Crippen molar-refractivity contribution in [3.05, 3.63) is 58.3 Å². The molecule has 0 saturated carbocycles. The fourth-order valence-electron chi connectivity index (χ4n) is 3.23. The number of benzene rings is 1. The molecule has 0 atom stereocenters. The molecule has 2 aromatic rings. The summed E-state index contributed by atoms with van der Waals surface area (Å²) in [4.78, 5) is 30.1. The molecule has 3 rings (SSSR count). The summed E-state index contributed by atoms with van der Waals surface area (Å²) in [5.41, 5.74) is 0.799. The van der Waals surface area contributed by atoms with Crippen molar-refractivity contribution in [2.24, 2.45) is 5.92 Å². The van der Waals surface area contributed by atoms with Gasteiger partial charge in [0.05, 0.1) is 13.1 Å². The average molecular weight is 356 g/mol. The molecule has 1 amide bonds. The molecule has 132 valence electrons.